The predicted molar refractivity (Wildman–Crippen MR) is 111 cm³/mol. The second-order valence-electron chi connectivity index (χ2n) is 6.71. The number of sulfonamides is 1. The molecule has 0 bridgehead atoms. The van der Waals surface area contributed by atoms with Gasteiger partial charge in [0, 0.05) is 23.7 Å². The molecule has 0 aliphatic carbocycles. The summed E-state index contributed by atoms with van der Waals surface area (Å²) in [5.41, 5.74) is 1.03. The van der Waals surface area contributed by atoms with E-state index in [4.69, 9.17) is 16.3 Å². The van der Waals surface area contributed by atoms with Crippen LogP contribution in [0.5, 0.6) is 0 Å². The third-order valence-corrected chi connectivity index (χ3v) is 6.90. The van der Waals surface area contributed by atoms with E-state index >= 15 is 0 Å². The maximum Gasteiger partial charge on any atom is 0.251 e. The minimum atomic E-state index is -3.61. The average molecular weight is 463 g/mol. The molecule has 1 aliphatic heterocycles. The summed E-state index contributed by atoms with van der Waals surface area (Å²) in [4.78, 5) is 12.6. The maximum atomic E-state index is 12.7. The molecule has 162 valence electrons. The first-order chi connectivity index (χ1) is 14.9. The summed E-state index contributed by atoms with van der Waals surface area (Å²) in [6.07, 6.45) is 0. The van der Waals surface area contributed by atoms with Crippen LogP contribution in [0.1, 0.15) is 16.2 Å². The van der Waals surface area contributed by atoms with Crippen molar-refractivity contribution in [3.8, 4) is 5.69 Å². The molecule has 1 aromatic heterocycles. The number of rotatable bonds is 6. The number of benzene rings is 2. The molecule has 12 heteroatoms. The van der Waals surface area contributed by atoms with Crippen molar-refractivity contribution >= 4 is 27.5 Å². The van der Waals surface area contributed by atoms with E-state index in [1.807, 2.05) is 0 Å². The smallest absolute Gasteiger partial charge is 0.251 e. The van der Waals surface area contributed by atoms with Crippen molar-refractivity contribution in [3.63, 3.8) is 0 Å². The van der Waals surface area contributed by atoms with Gasteiger partial charge in [0.25, 0.3) is 5.91 Å². The van der Waals surface area contributed by atoms with E-state index in [1.54, 1.807) is 24.3 Å². The van der Waals surface area contributed by atoms with Crippen LogP contribution in [0.4, 0.5) is 0 Å². The van der Waals surface area contributed by atoms with Crippen LogP contribution in [0, 0.1) is 0 Å². The summed E-state index contributed by atoms with van der Waals surface area (Å²) < 4.78 is 33.4. The summed E-state index contributed by atoms with van der Waals surface area (Å²) in [5, 5.41) is 14.9. The van der Waals surface area contributed by atoms with Gasteiger partial charge in [0.15, 0.2) is 5.82 Å². The number of morpholine rings is 1. The fourth-order valence-corrected chi connectivity index (χ4v) is 4.61. The molecular formula is C19H19ClN6O4S. The average Bonchev–Trinajstić information content (AvgIpc) is 3.27. The molecule has 0 atom stereocenters. The van der Waals surface area contributed by atoms with Crippen molar-refractivity contribution in [3.05, 3.63) is 64.9 Å². The summed E-state index contributed by atoms with van der Waals surface area (Å²) in [7, 11) is -3.61. The Bertz CT molecular complexity index is 1160. The van der Waals surface area contributed by atoms with E-state index in [2.05, 4.69) is 20.8 Å². The van der Waals surface area contributed by atoms with Crippen LogP contribution < -0.4 is 5.32 Å². The molecule has 1 saturated heterocycles. The molecule has 31 heavy (non-hydrogen) atoms. The van der Waals surface area contributed by atoms with Gasteiger partial charge in [-0.1, -0.05) is 11.6 Å². The standard InChI is InChI=1S/C19H19ClN6O4S/c20-15-3-5-16(6-4-15)26-18(22-23-24-26)13-21-19(27)14-1-7-17(8-2-14)31(28,29)25-9-11-30-12-10-25/h1-8H,9-13H2,(H,21,27). The Morgan fingerprint density at radius 2 is 1.74 bits per heavy atom. The van der Waals surface area contributed by atoms with Gasteiger partial charge in [-0.25, -0.2) is 8.42 Å². The van der Waals surface area contributed by atoms with Gasteiger partial charge in [-0.15, -0.1) is 5.10 Å². The van der Waals surface area contributed by atoms with Crippen LogP contribution in [0.2, 0.25) is 5.02 Å². The first-order valence-corrected chi connectivity index (χ1v) is 11.3. The number of tetrazole rings is 1. The first kappa shape index (κ1) is 21.4. The van der Waals surface area contributed by atoms with Crippen molar-refractivity contribution in [2.45, 2.75) is 11.4 Å². The summed E-state index contributed by atoms with van der Waals surface area (Å²) in [6, 6.07) is 12.8. The molecule has 0 saturated carbocycles. The van der Waals surface area contributed by atoms with E-state index in [-0.39, 0.29) is 17.3 Å². The van der Waals surface area contributed by atoms with Gasteiger partial charge in [0.2, 0.25) is 10.0 Å². The van der Waals surface area contributed by atoms with Crippen molar-refractivity contribution in [2.24, 2.45) is 0 Å². The Balaban J connectivity index is 1.42. The SMILES string of the molecule is O=C(NCc1nnnn1-c1ccc(Cl)cc1)c1ccc(S(=O)(=O)N2CCOCC2)cc1. The van der Waals surface area contributed by atoms with E-state index in [0.717, 1.165) is 0 Å². The van der Waals surface area contributed by atoms with E-state index in [0.29, 0.717) is 48.4 Å². The monoisotopic (exact) mass is 462 g/mol. The summed E-state index contributed by atoms with van der Waals surface area (Å²) >= 11 is 5.90. The maximum absolute atomic E-state index is 12.7. The zero-order valence-electron chi connectivity index (χ0n) is 16.3. The number of hydrogen-bond acceptors (Lipinski definition) is 7. The number of carbonyl (C=O) groups excluding carboxylic acids is 1. The molecule has 2 aromatic carbocycles. The first-order valence-electron chi connectivity index (χ1n) is 9.44. The number of nitrogens with one attached hydrogen (secondary N) is 1. The van der Waals surface area contributed by atoms with Gasteiger partial charge < -0.3 is 10.1 Å². The Kier molecular flexibility index (Phi) is 6.28. The summed E-state index contributed by atoms with van der Waals surface area (Å²) in [5.74, 6) is 0.0585. The van der Waals surface area contributed by atoms with Gasteiger partial charge in [-0.2, -0.15) is 8.99 Å². The van der Waals surface area contributed by atoms with Crippen molar-refractivity contribution < 1.29 is 17.9 Å². The lowest BCUT2D eigenvalue weighted by molar-refractivity contribution is 0.0730. The molecular weight excluding hydrogens is 444 g/mol. The largest absolute Gasteiger partial charge is 0.379 e. The number of halogens is 1. The van der Waals surface area contributed by atoms with E-state index in [1.165, 1.54) is 33.3 Å². The molecule has 10 nitrogen and oxygen atoms in total. The van der Waals surface area contributed by atoms with E-state index < -0.39 is 10.0 Å². The van der Waals surface area contributed by atoms with Gasteiger partial charge in [0.05, 0.1) is 30.3 Å². The number of carbonyl (C=O) groups is 1. The molecule has 4 rings (SSSR count). The Morgan fingerprint density at radius 3 is 2.42 bits per heavy atom. The van der Waals surface area contributed by atoms with Crippen molar-refractivity contribution in [1.29, 1.82) is 0 Å². The van der Waals surface area contributed by atoms with Crippen LogP contribution in [-0.4, -0.2) is 65.1 Å². The molecule has 0 spiro atoms. The number of hydrogen-bond donors (Lipinski definition) is 1. The highest BCUT2D eigenvalue weighted by Gasteiger charge is 2.26. The lowest BCUT2D eigenvalue weighted by Gasteiger charge is -2.26. The lowest BCUT2D eigenvalue weighted by Crippen LogP contribution is -2.40. The quantitative estimate of drug-likeness (QED) is 0.585. The van der Waals surface area contributed by atoms with Gasteiger partial charge >= 0.3 is 0 Å². The van der Waals surface area contributed by atoms with E-state index in [9.17, 15) is 13.2 Å². The topological polar surface area (TPSA) is 119 Å². The highest BCUT2D eigenvalue weighted by atomic mass is 35.5. The van der Waals surface area contributed by atoms with Gasteiger partial charge in [-0.05, 0) is 59.0 Å². The third kappa shape index (κ3) is 4.74. The Morgan fingerprint density at radius 1 is 1.06 bits per heavy atom. The highest BCUT2D eigenvalue weighted by molar-refractivity contribution is 7.89. The van der Waals surface area contributed by atoms with Gasteiger partial charge in [-0.3, -0.25) is 4.79 Å². The van der Waals surface area contributed by atoms with Crippen LogP contribution in [-0.2, 0) is 21.3 Å². The highest BCUT2D eigenvalue weighted by Crippen LogP contribution is 2.18. The molecule has 2 heterocycles. The molecule has 1 amide bonds. The minimum absolute atomic E-state index is 0.0856. The van der Waals surface area contributed by atoms with Crippen LogP contribution in [0.3, 0.4) is 0 Å². The second-order valence-corrected chi connectivity index (χ2v) is 9.08. The van der Waals surface area contributed by atoms with Crippen LogP contribution in [0.15, 0.2) is 53.4 Å². The fourth-order valence-electron chi connectivity index (χ4n) is 3.07. The fraction of sp³-hybridized carbons (Fsp3) is 0.263. The molecule has 0 unspecified atom stereocenters. The normalized spacial score (nSPS) is 15.0. The number of amides is 1. The Labute approximate surface area is 183 Å². The molecule has 1 aliphatic rings. The minimum Gasteiger partial charge on any atom is -0.379 e. The number of aromatic nitrogens is 4. The second kappa shape index (κ2) is 9.10. The molecule has 3 aromatic rings. The zero-order valence-corrected chi connectivity index (χ0v) is 17.9. The van der Waals surface area contributed by atoms with Crippen molar-refractivity contribution in [2.75, 3.05) is 26.3 Å². The third-order valence-electron chi connectivity index (χ3n) is 4.74. The molecule has 1 N–H and O–H groups in total. The molecule has 0 radical (unpaired) electrons. The lowest BCUT2D eigenvalue weighted by atomic mass is 10.2. The van der Waals surface area contributed by atoms with Crippen molar-refractivity contribution in [1.82, 2.24) is 29.8 Å². The molecule has 1 fully saturated rings. The van der Waals surface area contributed by atoms with Crippen LogP contribution in [0.25, 0.3) is 5.69 Å². The zero-order chi connectivity index (χ0) is 21.8. The summed E-state index contributed by atoms with van der Waals surface area (Å²) in [6.45, 7) is 1.45. The predicted octanol–water partition coefficient (Wildman–Crippen LogP) is 1.27. The van der Waals surface area contributed by atoms with Gasteiger partial charge in [0.1, 0.15) is 0 Å². The van der Waals surface area contributed by atoms with Crippen LogP contribution >= 0.6 is 11.6 Å². The number of ether oxygens (including phenoxy) is 1. The Hall–Kier alpha value is -2.86. The number of nitrogens with zero attached hydrogens (tertiary/aromatic N) is 5.